The van der Waals surface area contributed by atoms with E-state index in [4.69, 9.17) is 14.2 Å². The van der Waals surface area contributed by atoms with Crippen molar-refractivity contribution in [1.29, 1.82) is 0 Å². The Balaban J connectivity index is 1.54. The fourth-order valence-corrected chi connectivity index (χ4v) is 3.85. The van der Waals surface area contributed by atoms with Gasteiger partial charge in [0.1, 0.15) is 12.4 Å². The maximum absolute atomic E-state index is 12.8. The number of carbonyl (C=O) groups excluding carboxylic acids is 2. The normalized spacial score (nSPS) is 21.4. The lowest BCUT2D eigenvalue weighted by molar-refractivity contribution is -0.160. The van der Waals surface area contributed by atoms with Crippen molar-refractivity contribution in [3.05, 3.63) is 29.8 Å². The molecule has 0 N–H and O–H groups in total. The number of hydrogen-bond donors (Lipinski definition) is 0. The average Bonchev–Trinajstić information content (AvgIpc) is 2.72. The molecule has 0 radical (unpaired) electrons. The molecule has 7 heteroatoms. The van der Waals surface area contributed by atoms with Crippen LogP contribution in [0, 0.1) is 0 Å². The van der Waals surface area contributed by atoms with Crippen molar-refractivity contribution in [2.45, 2.75) is 37.4 Å². The summed E-state index contributed by atoms with van der Waals surface area (Å²) in [5, 5.41) is 0. The molecule has 2 fully saturated rings. The van der Waals surface area contributed by atoms with Gasteiger partial charge in [0, 0.05) is 45.8 Å². The minimum atomic E-state index is -0.255. The zero-order valence-corrected chi connectivity index (χ0v) is 17.0. The highest BCUT2D eigenvalue weighted by Gasteiger charge is 2.41. The summed E-state index contributed by atoms with van der Waals surface area (Å²) in [7, 11) is 5.05. The number of piperidine rings is 1. The second-order valence-electron chi connectivity index (χ2n) is 7.77. The molecule has 1 aromatic carbocycles. The summed E-state index contributed by atoms with van der Waals surface area (Å²) in [4.78, 5) is 28.0. The van der Waals surface area contributed by atoms with Crippen LogP contribution in [0.25, 0.3) is 0 Å². The number of likely N-dealkylation sites (N-methyl/N-ethyl adjacent to an activating group) is 1. The van der Waals surface area contributed by atoms with Crippen LogP contribution < -0.4 is 4.74 Å². The molecule has 1 atom stereocenters. The summed E-state index contributed by atoms with van der Waals surface area (Å²) in [5.41, 5.74) is 0.387. The third-order valence-corrected chi connectivity index (χ3v) is 5.67. The number of carbonyl (C=O) groups is 2. The number of rotatable bonds is 5. The number of nitrogens with zero attached hydrogens (tertiary/aromatic N) is 2. The van der Waals surface area contributed by atoms with E-state index in [0.717, 1.165) is 25.7 Å². The molecule has 1 aromatic rings. The van der Waals surface area contributed by atoms with Gasteiger partial charge in [0.05, 0.1) is 18.8 Å². The van der Waals surface area contributed by atoms with Crippen molar-refractivity contribution in [1.82, 2.24) is 9.80 Å². The molecule has 0 saturated carbocycles. The van der Waals surface area contributed by atoms with Crippen molar-refractivity contribution in [3.63, 3.8) is 0 Å². The van der Waals surface area contributed by atoms with Crippen molar-refractivity contribution in [2.75, 3.05) is 47.5 Å². The highest BCUT2D eigenvalue weighted by atomic mass is 16.5. The molecule has 154 valence electrons. The van der Waals surface area contributed by atoms with Crippen LogP contribution in [0.15, 0.2) is 24.3 Å². The van der Waals surface area contributed by atoms with E-state index in [9.17, 15) is 9.59 Å². The molecule has 0 aliphatic carbocycles. The number of methoxy groups -OCH3 is 1. The summed E-state index contributed by atoms with van der Waals surface area (Å²) >= 11 is 0. The molecular formula is C21H30N2O5. The topological polar surface area (TPSA) is 68.3 Å². The van der Waals surface area contributed by atoms with Gasteiger partial charge in [0.25, 0.3) is 5.91 Å². The van der Waals surface area contributed by atoms with Gasteiger partial charge in [-0.3, -0.25) is 9.59 Å². The molecule has 2 heterocycles. The van der Waals surface area contributed by atoms with Gasteiger partial charge in [-0.25, -0.2) is 0 Å². The first-order chi connectivity index (χ1) is 13.4. The smallest absolute Gasteiger partial charge is 0.253 e. The van der Waals surface area contributed by atoms with Gasteiger partial charge in [0.15, 0.2) is 0 Å². The Bertz CT molecular complexity index is 698. The average molecular weight is 390 g/mol. The highest BCUT2D eigenvalue weighted by molar-refractivity contribution is 5.94. The molecule has 2 aliphatic rings. The number of likely N-dealkylation sites (tertiary alicyclic amines) is 1. The first-order valence-corrected chi connectivity index (χ1v) is 9.81. The molecule has 7 nitrogen and oxygen atoms in total. The van der Waals surface area contributed by atoms with E-state index in [-0.39, 0.29) is 30.1 Å². The van der Waals surface area contributed by atoms with Crippen molar-refractivity contribution < 1.29 is 23.8 Å². The zero-order chi connectivity index (χ0) is 20.1. The lowest BCUT2D eigenvalue weighted by atomic mass is 9.83. The number of hydrogen-bond acceptors (Lipinski definition) is 5. The largest absolute Gasteiger partial charge is 0.497 e. The molecule has 0 bridgehead atoms. The Morgan fingerprint density at radius 1 is 1.29 bits per heavy atom. The van der Waals surface area contributed by atoms with Crippen LogP contribution in [0.1, 0.15) is 36.0 Å². The van der Waals surface area contributed by atoms with Crippen LogP contribution in [0.4, 0.5) is 0 Å². The third-order valence-electron chi connectivity index (χ3n) is 5.67. The van der Waals surface area contributed by atoms with Gasteiger partial charge in [0.2, 0.25) is 5.91 Å². The molecule has 2 saturated heterocycles. The van der Waals surface area contributed by atoms with Gasteiger partial charge < -0.3 is 24.0 Å². The number of amides is 2. The van der Waals surface area contributed by atoms with Gasteiger partial charge in [-0.15, -0.1) is 0 Å². The van der Waals surface area contributed by atoms with Crippen LogP contribution in [-0.4, -0.2) is 80.8 Å². The van der Waals surface area contributed by atoms with Crippen molar-refractivity contribution in [3.8, 4) is 5.75 Å². The number of benzene rings is 1. The van der Waals surface area contributed by atoms with Gasteiger partial charge in [-0.2, -0.15) is 0 Å². The fraction of sp³-hybridized carbons (Fsp3) is 0.619. The molecule has 2 aliphatic heterocycles. The quantitative estimate of drug-likeness (QED) is 0.769. The zero-order valence-electron chi connectivity index (χ0n) is 17.0. The second-order valence-corrected chi connectivity index (χ2v) is 7.77. The molecular weight excluding hydrogens is 360 g/mol. The van der Waals surface area contributed by atoms with Crippen LogP contribution >= 0.6 is 0 Å². The Morgan fingerprint density at radius 2 is 2.04 bits per heavy atom. The lowest BCUT2D eigenvalue weighted by Gasteiger charge is -2.46. The predicted molar refractivity (Wildman–Crippen MR) is 104 cm³/mol. The van der Waals surface area contributed by atoms with Gasteiger partial charge in [-0.05, 0) is 37.5 Å². The summed E-state index contributed by atoms with van der Waals surface area (Å²) in [5.74, 6) is 0.676. The Hall–Kier alpha value is -2.12. The van der Waals surface area contributed by atoms with Crippen LogP contribution in [0.2, 0.25) is 0 Å². The van der Waals surface area contributed by atoms with E-state index in [0.29, 0.717) is 31.0 Å². The first-order valence-electron chi connectivity index (χ1n) is 9.81. The van der Waals surface area contributed by atoms with Gasteiger partial charge >= 0.3 is 0 Å². The first kappa shape index (κ1) is 20.6. The van der Waals surface area contributed by atoms with E-state index >= 15 is 0 Å². The van der Waals surface area contributed by atoms with Crippen LogP contribution in [0.3, 0.4) is 0 Å². The van der Waals surface area contributed by atoms with E-state index in [2.05, 4.69) is 0 Å². The summed E-state index contributed by atoms with van der Waals surface area (Å²) in [6.07, 6.45) is 3.16. The Labute approximate surface area is 166 Å². The minimum Gasteiger partial charge on any atom is -0.497 e. The van der Waals surface area contributed by atoms with E-state index in [1.807, 2.05) is 23.1 Å². The summed E-state index contributed by atoms with van der Waals surface area (Å²) < 4.78 is 17.2. The van der Waals surface area contributed by atoms with Crippen molar-refractivity contribution in [2.24, 2.45) is 0 Å². The SMILES string of the molecule is COc1cccc(C(=O)N2CCC3(CC2)CC(OCC(=O)N(C)C)CCO3)c1. The maximum atomic E-state index is 12.8. The lowest BCUT2D eigenvalue weighted by Crippen LogP contribution is -2.52. The predicted octanol–water partition coefficient (Wildman–Crippen LogP) is 1.95. The third kappa shape index (κ3) is 4.83. The minimum absolute atomic E-state index is 0.0222. The molecule has 3 rings (SSSR count). The van der Waals surface area contributed by atoms with Gasteiger partial charge in [-0.1, -0.05) is 6.07 Å². The van der Waals surface area contributed by atoms with Crippen molar-refractivity contribution >= 4 is 11.8 Å². The molecule has 28 heavy (non-hydrogen) atoms. The maximum Gasteiger partial charge on any atom is 0.253 e. The van der Waals surface area contributed by atoms with Crippen LogP contribution in [0.5, 0.6) is 5.75 Å². The van der Waals surface area contributed by atoms with Crippen LogP contribution in [-0.2, 0) is 14.3 Å². The summed E-state index contributed by atoms with van der Waals surface area (Å²) in [6, 6.07) is 7.26. The van der Waals surface area contributed by atoms with E-state index in [1.165, 1.54) is 4.90 Å². The Kier molecular flexibility index (Phi) is 6.57. The molecule has 1 spiro atoms. The fourth-order valence-electron chi connectivity index (χ4n) is 3.85. The second kappa shape index (κ2) is 8.92. The number of ether oxygens (including phenoxy) is 3. The molecule has 0 aromatic heterocycles. The molecule has 2 amide bonds. The monoisotopic (exact) mass is 390 g/mol. The van der Waals surface area contributed by atoms with E-state index in [1.54, 1.807) is 27.3 Å². The van der Waals surface area contributed by atoms with E-state index < -0.39 is 0 Å². The molecule has 1 unspecified atom stereocenters. The Morgan fingerprint density at radius 3 is 2.71 bits per heavy atom. The summed E-state index contributed by atoms with van der Waals surface area (Å²) in [6.45, 7) is 2.04. The highest BCUT2D eigenvalue weighted by Crippen LogP contribution is 2.36. The standard InChI is InChI=1S/C21H30N2O5/c1-22(2)19(24)15-27-18-7-12-28-21(14-18)8-10-23(11-9-21)20(25)16-5-4-6-17(13-16)26-3/h4-6,13,18H,7-12,14-15H2,1-3H3.